The van der Waals surface area contributed by atoms with Crippen LogP contribution in [0.5, 0.6) is 11.5 Å². The molecule has 0 atom stereocenters. The van der Waals surface area contributed by atoms with Crippen LogP contribution in [0.1, 0.15) is 20.3 Å². The first kappa shape index (κ1) is 21.4. The minimum atomic E-state index is -0.647. The second kappa shape index (κ2) is 8.75. The molecule has 0 bridgehead atoms. The van der Waals surface area contributed by atoms with Gasteiger partial charge in [0.15, 0.2) is 16.8 Å². The summed E-state index contributed by atoms with van der Waals surface area (Å²) in [5.41, 5.74) is 8.16. The van der Waals surface area contributed by atoms with Gasteiger partial charge in [-0.05, 0) is 59.5 Å². The minimum Gasteiger partial charge on any atom is -0.450 e. The van der Waals surface area contributed by atoms with Crippen molar-refractivity contribution in [2.24, 2.45) is 0 Å². The first-order chi connectivity index (χ1) is 14.4. The molecule has 0 radical (unpaired) electrons. The molecule has 1 aromatic heterocycles. The lowest BCUT2D eigenvalue weighted by molar-refractivity contribution is 0.168. The van der Waals surface area contributed by atoms with Gasteiger partial charge in [0, 0.05) is 12.6 Å². The summed E-state index contributed by atoms with van der Waals surface area (Å²) < 4.78 is 42.1. The lowest BCUT2D eigenvalue weighted by Crippen LogP contribution is -2.24. The monoisotopic (exact) mass is 546 g/mol. The maximum absolute atomic E-state index is 15.1. The average molecular weight is 546 g/mol. The van der Waals surface area contributed by atoms with Crippen molar-refractivity contribution >= 4 is 51.1 Å². The van der Waals surface area contributed by atoms with Gasteiger partial charge < -0.3 is 25.1 Å². The molecule has 4 rings (SSSR count). The number of nitrogen functional groups attached to an aromatic ring is 1. The van der Waals surface area contributed by atoms with E-state index in [4.69, 9.17) is 15.2 Å². The summed E-state index contributed by atoms with van der Waals surface area (Å²) in [6.07, 6.45) is 0.848. The Morgan fingerprint density at radius 3 is 2.73 bits per heavy atom. The molecule has 2 aromatic carbocycles. The lowest BCUT2D eigenvalue weighted by atomic mass is 10.2. The second-order valence-corrected chi connectivity index (χ2v) is 9.22. The van der Waals surface area contributed by atoms with E-state index >= 15 is 4.39 Å². The fraction of sp³-hybridized carbons (Fsp3) is 0.350. The van der Waals surface area contributed by atoms with Gasteiger partial charge in [-0.3, -0.25) is 0 Å². The van der Waals surface area contributed by atoms with Crippen molar-refractivity contribution in [1.29, 1.82) is 0 Å². The van der Waals surface area contributed by atoms with E-state index in [1.165, 1.54) is 0 Å². The van der Waals surface area contributed by atoms with Crippen molar-refractivity contribution in [1.82, 2.24) is 14.9 Å². The van der Waals surface area contributed by atoms with Crippen molar-refractivity contribution < 1.29 is 18.3 Å². The summed E-state index contributed by atoms with van der Waals surface area (Å²) in [4.78, 5) is 4.76. The molecular weight excluding hydrogens is 525 g/mol. The number of halogens is 3. The second-order valence-electron chi connectivity index (χ2n) is 7.16. The topological polar surface area (TPSA) is 74.3 Å². The minimum absolute atomic E-state index is 0.118. The maximum Gasteiger partial charge on any atom is 0.231 e. The number of para-hydroxylation sites is 1. The Balaban J connectivity index is 1.73. The third-order valence-electron chi connectivity index (χ3n) is 4.68. The number of anilines is 1. The Bertz CT molecular complexity index is 1110. The number of rotatable bonds is 7. The highest BCUT2D eigenvalue weighted by Crippen LogP contribution is 2.46. The molecule has 0 spiro atoms. The predicted octanol–water partition coefficient (Wildman–Crippen LogP) is 4.77. The van der Waals surface area contributed by atoms with E-state index in [1.807, 2.05) is 16.7 Å². The molecule has 10 heteroatoms. The molecule has 0 amide bonds. The Hall–Kier alpha value is -1.79. The van der Waals surface area contributed by atoms with E-state index in [2.05, 4.69) is 24.1 Å². The van der Waals surface area contributed by atoms with Crippen molar-refractivity contribution in [2.75, 3.05) is 19.1 Å². The van der Waals surface area contributed by atoms with Gasteiger partial charge >= 0.3 is 0 Å². The van der Waals surface area contributed by atoms with Gasteiger partial charge in [-0.2, -0.15) is 0 Å². The molecule has 3 aromatic rings. The van der Waals surface area contributed by atoms with Crippen LogP contribution in [0.15, 0.2) is 28.3 Å². The molecule has 6 nitrogen and oxygen atoms in total. The zero-order valence-corrected chi connectivity index (χ0v) is 19.4. The number of hydrogen-bond acceptors (Lipinski definition) is 6. The summed E-state index contributed by atoms with van der Waals surface area (Å²) in [5.74, 6) is -1.65. The van der Waals surface area contributed by atoms with E-state index in [0.29, 0.717) is 28.9 Å². The molecule has 0 saturated heterocycles. The molecular formula is C20H21F2IN4O2S. The summed E-state index contributed by atoms with van der Waals surface area (Å²) in [6, 6.07) is 5.96. The molecule has 30 heavy (non-hydrogen) atoms. The molecule has 1 aliphatic heterocycles. The van der Waals surface area contributed by atoms with Crippen molar-refractivity contribution in [3.05, 3.63) is 33.4 Å². The van der Waals surface area contributed by atoms with Crippen molar-refractivity contribution in [3.8, 4) is 11.5 Å². The Morgan fingerprint density at radius 1 is 1.27 bits per heavy atom. The standard InChI is InChI=1S/C20H21F2IN4O2S/c1-10(2)25-7-4-8-27-12-6-3-5-11(24)16(12)26-20(27)30-19-14(22)18-17(28-9-29-18)13(21)15(19)23/h3,5-6,10,25H,4,7-9,24H2,1-2H3/i21+0,22+0. The fourth-order valence-corrected chi connectivity index (χ4v) is 5.05. The third-order valence-corrected chi connectivity index (χ3v) is 7.14. The van der Waals surface area contributed by atoms with Gasteiger partial charge in [0.2, 0.25) is 18.3 Å². The van der Waals surface area contributed by atoms with Crippen LogP contribution in [0.3, 0.4) is 0 Å². The van der Waals surface area contributed by atoms with Crippen LogP contribution >= 0.6 is 34.4 Å². The van der Waals surface area contributed by atoms with Crippen LogP contribution in [0.25, 0.3) is 11.0 Å². The normalized spacial score (nSPS) is 13.0. The number of imidazole rings is 1. The summed E-state index contributed by atoms with van der Waals surface area (Å²) in [7, 11) is 0. The lowest BCUT2D eigenvalue weighted by Gasteiger charge is -2.13. The summed E-state index contributed by atoms with van der Waals surface area (Å²) in [6.45, 7) is 5.47. The fourth-order valence-electron chi connectivity index (χ4n) is 3.25. The van der Waals surface area contributed by atoms with E-state index in [1.54, 1.807) is 28.7 Å². The highest BCUT2D eigenvalue weighted by molar-refractivity contribution is 14.1. The Labute approximate surface area is 190 Å². The van der Waals surface area contributed by atoms with Gasteiger partial charge in [0.1, 0.15) is 5.52 Å². The quantitative estimate of drug-likeness (QED) is 0.193. The van der Waals surface area contributed by atoms with E-state index in [-0.39, 0.29) is 26.8 Å². The number of nitrogens with one attached hydrogen (secondary N) is 1. The third kappa shape index (κ3) is 3.92. The maximum atomic E-state index is 15.1. The largest absolute Gasteiger partial charge is 0.450 e. The highest BCUT2D eigenvalue weighted by atomic mass is 127. The SMILES string of the molecule is CC(C)NCCCn1c(Sc2c([19F])c3c(c([19F])c2I)OCO3)nc2c(N)cccc21. The summed E-state index contributed by atoms with van der Waals surface area (Å²) in [5, 5.41) is 3.93. The van der Waals surface area contributed by atoms with Gasteiger partial charge in [0.25, 0.3) is 0 Å². The predicted molar refractivity (Wildman–Crippen MR) is 121 cm³/mol. The number of nitrogens with zero attached hydrogens (tertiary/aromatic N) is 2. The number of aromatic nitrogens is 2. The van der Waals surface area contributed by atoms with Crippen LogP contribution in [0.4, 0.5) is 14.5 Å². The van der Waals surface area contributed by atoms with Gasteiger partial charge in [-0.1, -0.05) is 19.9 Å². The van der Waals surface area contributed by atoms with Crippen molar-refractivity contribution in [2.45, 2.75) is 42.9 Å². The van der Waals surface area contributed by atoms with Crippen LogP contribution in [-0.2, 0) is 6.54 Å². The molecule has 0 saturated carbocycles. The van der Waals surface area contributed by atoms with Crippen LogP contribution in [-0.4, -0.2) is 28.9 Å². The number of hydrogen-bond donors (Lipinski definition) is 2. The first-order valence-electron chi connectivity index (χ1n) is 9.50. The number of fused-ring (bicyclic) bond motifs is 2. The van der Waals surface area contributed by atoms with E-state index in [9.17, 15) is 4.39 Å². The molecule has 2 heterocycles. The zero-order valence-electron chi connectivity index (χ0n) is 16.5. The molecule has 3 N–H and O–H groups in total. The number of nitrogens with two attached hydrogens (primary N) is 1. The molecule has 1 aliphatic rings. The highest BCUT2D eigenvalue weighted by Gasteiger charge is 2.31. The van der Waals surface area contributed by atoms with Crippen LogP contribution < -0.4 is 20.5 Å². The van der Waals surface area contributed by atoms with Gasteiger partial charge in [-0.15, -0.1) is 0 Å². The van der Waals surface area contributed by atoms with Gasteiger partial charge in [0.05, 0.1) is 19.7 Å². The average Bonchev–Trinajstić information content (AvgIpc) is 3.33. The Kier molecular flexibility index (Phi) is 6.26. The van der Waals surface area contributed by atoms with Gasteiger partial charge in [-0.25, -0.2) is 13.8 Å². The van der Waals surface area contributed by atoms with E-state index in [0.717, 1.165) is 30.2 Å². The van der Waals surface area contributed by atoms with E-state index < -0.39 is 11.6 Å². The van der Waals surface area contributed by atoms with Crippen LogP contribution in [0.2, 0.25) is 0 Å². The molecule has 0 fully saturated rings. The zero-order chi connectivity index (χ0) is 21.4. The summed E-state index contributed by atoms with van der Waals surface area (Å²) >= 11 is 2.85. The molecule has 0 aliphatic carbocycles. The number of ether oxygens (including phenoxy) is 2. The van der Waals surface area contributed by atoms with Crippen LogP contribution in [0, 0.1) is 15.2 Å². The van der Waals surface area contributed by atoms with Crippen molar-refractivity contribution in [3.63, 3.8) is 0 Å². The Morgan fingerprint density at radius 2 is 2.00 bits per heavy atom. The number of benzene rings is 2. The smallest absolute Gasteiger partial charge is 0.231 e. The first-order valence-corrected chi connectivity index (χ1v) is 11.4. The number of aryl methyl sites for hydroxylation is 1. The molecule has 160 valence electrons. The molecule has 0 unspecified atom stereocenters.